The van der Waals surface area contributed by atoms with Gasteiger partial charge in [-0.15, -0.1) is 0 Å². The second-order valence-corrected chi connectivity index (χ2v) is 7.03. The summed E-state index contributed by atoms with van der Waals surface area (Å²) in [5.41, 5.74) is 0.850. The average molecular weight is 323 g/mol. The van der Waals surface area contributed by atoms with E-state index in [0.717, 1.165) is 25.0 Å². The van der Waals surface area contributed by atoms with E-state index in [-0.39, 0.29) is 17.8 Å². The Labute approximate surface area is 135 Å². The summed E-state index contributed by atoms with van der Waals surface area (Å²) in [5, 5.41) is 33.0. The fraction of sp³-hybridized carbons (Fsp3) is 0.765. The molecule has 0 bridgehead atoms. The van der Waals surface area contributed by atoms with E-state index >= 15 is 0 Å². The van der Waals surface area contributed by atoms with Crippen LogP contribution in [0.5, 0.6) is 0 Å². The lowest BCUT2D eigenvalue weighted by Crippen LogP contribution is -2.38. The quantitative estimate of drug-likeness (QED) is 0.509. The summed E-state index contributed by atoms with van der Waals surface area (Å²) in [6.45, 7) is -0.430. The minimum Gasteiger partial charge on any atom is -0.479 e. The predicted octanol–water partition coefficient (Wildman–Crippen LogP) is 1.57. The Kier molecular flexibility index (Phi) is 5.02. The van der Waals surface area contributed by atoms with Gasteiger partial charge >= 0.3 is 5.97 Å². The lowest BCUT2D eigenvalue weighted by atomic mass is 9.73. The number of carboxylic acid groups (broad SMARTS) is 1. The van der Waals surface area contributed by atoms with E-state index in [9.17, 15) is 15.0 Å². The number of carboxylic acids is 1. The molecule has 3 aliphatic carbocycles. The largest absolute Gasteiger partial charge is 0.479 e. The van der Waals surface area contributed by atoms with Crippen molar-refractivity contribution in [3.8, 4) is 0 Å². The third-order valence-electron chi connectivity index (χ3n) is 5.60. The van der Waals surface area contributed by atoms with Crippen molar-refractivity contribution in [2.45, 2.75) is 50.7 Å². The topological polar surface area (TPSA) is 99.4 Å². The molecular formula is C17H25NO5. The van der Waals surface area contributed by atoms with Crippen molar-refractivity contribution in [1.29, 1.82) is 0 Å². The molecule has 0 aromatic heterocycles. The molecule has 3 unspecified atom stereocenters. The van der Waals surface area contributed by atoms with Crippen molar-refractivity contribution in [1.82, 2.24) is 0 Å². The van der Waals surface area contributed by atoms with E-state index in [0.29, 0.717) is 12.3 Å². The Balaban J connectivity index is 1.52. The van der Waals surface area contributed by atoms with Crippen LogP contribution in [0.3, 0.4) is 0 Å². The van der Waals surface area contributed by atoms with Crippen molar-refractivity contribution in [2.24, 2.45) is 28.8 Å². The molecule has 0 heterocycles. The first-order valence-electron chi connectivity index (χ1n) is 8.51. The number of aliphatic carboxylic acids is 1. The van der Waals surface area contributed by atoms with Crippen LogP contribution in [0.4, 0.5) is 0 Å². The van der Waals surface area contributed by atoms with Gasteiger partial charge in [-0.25, -0.2) is 4.79 Å². The standard InChI is InChI=1S/C17H25NO5/c19-15(10-3-1-2-4-10)6-5-11-7-12-13(17(11)22)8-14(12)18-23-9-16(20)21/h5-6,10-13,15,17,19,22H,1-4,7-9H2,(H,20,21)/t11?,12-,13+,15?,17?/m0/s1. The maximum atomic E-state index is 10.4. The summed E-state index contributed by atoms with van der Waals surface area (Å²) in [7, 11) is 0. The maximum Gasteiger partial charge on any atom is 0.344 e. The summed E-state index contributed by atoms with van der Waals surface area (Å²) < 4.78 is 0. The first kappa shape index (κ1) is 16.5. The van der Waals surface area contributed by atoms with Crippen molar-refractivity contribution in [2.75, 3.05) is 6.61 Å². The smallest absolute Gasteiger partial charge is 0.344 e. The van der Waals surface area contributed by atoms with Crippen molar-refractivity contribution >= 4 is 11.7 Å². The number of fused-ring (bicyclic) bond motifs is 1. The van der Waals surface area contributed by atoms with Crippen LogP contribution < -0.4 is 0 Å². The van der Waals surface area contributed by atoms with Gasteiger partial charge in [-0.3, -0.25) is 0 Å². The third-order valence-corrected chi connectivity index (χ3v) is 5.60. The minimum atomic E-state index is -1.04. The number of rotatable bonds is 6. The van der Waals surface area contributed by atoms with Gasteiger partial charge in [0.15, 0.2) is 0 Å². The van der Waals surface area contributed by atoms with Gasteiger partial charge in [0.1, 0.15) is 0 Å². The summed E-state index contributed by atoms with van der Waals surface area (Å²) in [6.07, 6.45) is 9.01. The predicted molar refractivity (Wildman–Crippen MR) is 83.8 cm³/mol. The summed E-state index contributed by atoms with van der Waals surface area (Å²) >= 11 is 0. The molecule has 3 saturated carbocycles. The Morgan fingerprint density at radius 1 is 1.39 bits per heavy atom. The molecule has 23 heavy (non-hydrogen) atoms. The molecule has 0 aliphatic heterocycles. The van der Waals surface area contributed by atoms with Gasteiger partial charge in [0, 0.05) is 11.8 Å². The molecule has 6 heteroatoms. The van der Waals surface area contributed by atoms with Crippen LogP contribution in [0.2, 0.25) is 0 Å². The van der Waals surface area contributed by atoms with Gasteiger partial charge in [0.05, 0.1) is 17.9 Å². The molecule has 3 fully saturated rings. The molecule has 0 aromatic rings. The van der Waals surface area contributed by atoms with Crippen LogP contribution in [0, 0.1) is 23.7 Å². The zero-order valence-corrected chi connectivity index (χ0v) is 13.2. The van der Waals surface area contributed by atoms with E-state index in [2.05, 4.69) is 5.16 Å². The molecule has 0 amide bonds. The molecule has 3 rings (SSSR count). The van der Waals surface area contributed by atoms with E-state index in [1.807, 2.05) is 12.2 Å². The van der Waals surface area contributed by atoms with Crippen LogP contribution in [0.15, 0.2) is 17.3 Å². The first-order chi connectivity index (χ1) is 11.1. The number of hydrogen-bond acceptors (Lipinski definition) is 5. The van der Waals surface area contributed by atoms with Crippen molar-refractivity contribution in [3.63, 3.8) is 0 Å². The second-order valence-electron chi connectivity index (χ2n) is 7.03. The molecule has 6 nitrogen and oxygen atoms in total. The van der Waals surface area contributed by atoms with E-state index in [4.69, 9.17) is 9.94 Å². The molecule has 3 aliphatic rings. The Bertz CT molecular complexity index is 497. The van der Waals surface area contributed by atoms with E-state index < -0.39 is 24.8 Å². The molecule has 0 saturated heterocycles. The Morgan fingerprint density at radius 3 is 2.83 bits per heavy atom. The summed E-state index contributed by atoms with van der Waals surface area (Å²) in [4.78, 5) is 15.2. The van der Waals surface area contributed by atoms with Crippen LogP contribution in [0.1, 0.15) is 38.5 Å². The van der Waals surface area contributed by atoms with Crippen molar-refractivity contribution < 1.29 is 25.0 Å². The number of aliphatic hydroxyl groups is 2. The lowest BCUT2D eigenvalue weighted by Gasteiger charge is -2.33. The highest BCUT2D eigenvalue weighted by Crippen LogP contribution is 2.48. The monoisotopic (exact) mass is 323 g/mol. The summed E-state index contributed by atoms with van der Waals surface area (Å²) in [5.74, 6) is -0.285. The highest BCUT2D eigenvalue weighted by molar-refractivity contribution is 5.93. The SMILES string of the molecule is O=C(O)CON=C1C[C@H]2C(O)C(C=CC(O)C3CCCC3)C[C@H]12. The highest BCUT2D eigenvalue weighted by atomic mass is 16.6. The zero-order valence-electron chi connectivity index (χ0n) is 13.2. The maximum absolute atomic E-state index is 10.4. The number of nitrogens with zero attached hydrogens (tertiary/aromatic N) is 1. The lowest BCUT2D eigenvalue weighted by molar-refractivity contribution is -0.142. The van der Waals surface area contributed by atoms with Gasteiger partial charge in [-0.2, -0.15) is 0 Å². The van der Waals surface area contributed by atoms with Gasteiger partial charge in [-0.1, -0.05) is 30.1 Å². The van der Waals surface area contributed by atoms with Gasteiger partial charge in [0.25, 0.3) is 0 Å². The molecular weight excluding hydrogens is 298 g/mol. The van der Waals surface area contributed by atoms with Gasteiger partial charge in [-0.05, 0) is 37.5 Å². The van der Waals surface area contributed by atoms with Gasteiger partial charge in [0.2, 0.25) is 6.61 Å². The molecule has 128 valence electrons. The number of hydrogen-bond donors (Lipinski definition) is 3. The average Bonchev–Trinajstić information content (AvgIpc) is 3.10. The molecule has 0 aromatic carbocycles. The number of aliphatic hydroxyl groups excluding tert-OH is 2. The van der Waals surface area contributed by atoms with Crippen LogP contribution in [-0.2, 0) is 9.63 Å². The Morgan fingerprint density at radius 2 is 2.13 bits per heavy atom. The summed E-state index contributed by atoms with van der Waals surface area (Å²) in [6, 6.07) is 0. The third kappa shape index (κ3) is 3.58. The molecule has 0 spiro atoms. The molecule has 3 N–H and O–H groups in total. The van der Waals surface area contributed by atoms with Crippen LogP contribution in [-0.4, -0.2) is 45.8 Å². The van der Waals surface area contributed by atoms with Crippen LogP contribution in [0.25, 0.3) is 0 Å². The first-order valence-corrected chi connectivity index (χ1v) is 8.51. The number of oxime groups is 1. The zero-order chi connectivity index (χ0) is 16.4. The van der Waals surface area contributed by atoms with Crippen molar-refractivity contribution in [3.05, 3.63) is 12.2 Å². The fourth-order valence-electron chi connectivity index (χ4n) is 4.22. The van der Waals surface area contributed by atoms with Crippen LogP contribution >= 0.6 is 0 Å². The van der Waals surface area contributed by atoms with E-state index in [1.165, 1.54) is 12.8 Å². The normalized spacial score (nSPS) is 37.0. The fourth-order valence-corrected chi connectivity index (χ4v) is 4.22. The number of carbonyl (C=O) groups is 1. The second kappa shape index (κ2) is 7.01. The Hall–Kier alpha value is -1.40. The van der Waals surface area contributed by atoms with Gasteiger partial charge < -0.3 is 20.2 Å². The van der Waals surface area contributed by atoms with E-state index in [1.54, 1.807) is 0 Å². The molecule has 0 radical (unpaired) electrons. The highest BCUT2D eigenvalue weighted by Gasteiger charge is 2.51. The minimum absolute atomic E-state index is 0.0354. The molecule has 5 atom stereocenters.